The van der Waals surface area contributed by atoms with Crippen molar-refractivity contribution in [2.75, 3.05) is 19.6 Å². The first-order chi connectivity index (χ1) is 8.10. The number of phenolic OH excluding ortho intramolecular Hbond substituents is 1. The molecule has 1 heterocycles. The normalized spacial score (nSPS) is 22.0. The van der Waals surface area contributed by atoms with Crippen LogP contribution in [-0.2, 0) is 4.57 Å². The van der Waals surface area contributed by atoms with Crippen molar-refractivity contribution in [1.29, 1.82) is 0 Å². The van der Waals surface area contributed by atoms with Gasteiger partial charge in [-0.1, -0.05) is 13.3 Å². The lowest BCUT2D eigenvalue weighted by Crippen LogP contribution is -2.05. The van der Waals surface area contributed by atoms with Gasteiger partial charge in [-0.25, -0.2) is 0 Å². The fraction of sp³-hybridized carbons (Fsp3) is 0.500. The van der Waals surface area contributed by atoms with Gasteiger partial charge in [-0.3, -0.25) is 0 Å². The minimum absolute atomic E-state index is 0.0243. The second-order valence-electron chi connectivity index (χ2n) is 4.23. The smallest absolute Gasteiger partial charge is 0.158 e. The van der Waals surface area contributed by atoms with Crippen LogP contribution < -0.4 is 14.8 Å². The van der Waals surface area contributed by atoms with Gasteiger partial charge in [0.05, 0.1) is 12.4 Å². The van der Waals surface area contributed by atoms with E-state index in [1.807, 2.05) is 0 Å². The molecule has 17 heavy (non-hydrogen) atoms. The maximum Gasteiger partial charge on any atom is 0.158 e. The number of aromatic hydroxyl groups is 1. The summed E-state index contributed by atoms with van der Waals surface area (Å²) in [6, 6.07) is 3.17. The molecule has 0 aliphatic carbocycles. The molecular weight excluding hydrogens is 239 g/mol. The third-order valence-electron chi connectivity index (χ3n) is 2.97. The molecule has 0 saturated heterocycles. The van der Waals surface area contributed by atoms with Crippen molar-refractivity contribution >= 4 is 12.4 Å². The van der Waals surface area contributed by atoms with Crippen molar-refractivity contribution in [3.8, 4) is 17.2 Å². The summed E-state index contributed by atoms with van der Waals surface area (Å²) in [6.45, 7) is 2.05. The van der Waals surface area contributed by atoms with Gasteiger partial charge in [0.25, 0.3) is 0 Å². The highest BCUT2D eigenvalue weighted by Gasteiger charge is 2.37. The Bertz CT molecular complexity index is 470. The van der Waals surface area contributed by atoms with E-state index in [0.29, 0.717) is 23.0 Å². The number of benzene rings is 1. The van der Waals surface area contributed by atoms with Crippen LogP contribution in [0.25, 0.3) is 0 Å². The Hall–Kier alpha value is -1.15. The average Bonchev–Trinajstić information content (AvgIpc) is 2.65. The molecule has 0 saturated carbocycles. The summed E-state index contributed by atoms with van der Waals surface area (Å²) in [5.41, 5.74) is 0. The molecule has 0 spiro atoms. The van der Waals surface area contributed by atoms with Gasteiger partial charge >= 0.3 is 0 Å². The van der Waals surface area contributed by atoms with Gasteiger partial charge in [-0.15, -0.1) is 0 Å². The molecule has 0 bridgehead atoms. The van der Waals surface area contributed by atoms with Crippen molar-refractivity contribution in [3.63, 3.8) is 0 Å². The third kappa shape index (κ3) is 2.14. The molecule has 4 nitrogen and oxygen atoms in total. The predicted octanol–water partition coefficient (Wildman–Crippen LogP) is 2.54. The molecule has 0 fully saturated rings. The molecule has 1 aromatic rings. The highest BCUT2D eigenvalue weighted by atomic mass is 31.2. The zero-order valence-corrected chi connectivity index (χ0v) is 11.0. The molecule has 0 radical (unpaired) electrons. The van der Waals surface area contributed by atoms with Crippen LogP contribution in [0, 0.1) is 0 Å². The third-order valence-corrected chi connectivity index (χ3v) is 5.82. The quantitative estimate of drug-likeness (QED) is 0.841. The van der Waals surface area contributed by atoms with Crippen LogP contribution in [0.3, 0.4) is 0 Å². The lowest BCUT2D eigenvalue weighted by atomic mass is 10.3. The number of hydrogen-bond donors (Lipinski definition) is 1. The van der Waals surface area contributed by atoms with E-state index in [4.69, 9.17) is 9.47 Å². The van der Waals surface area contributed by atoms with Crippen LogP contribution in [0.1, 0.15) is 19.8 Å². The molecule has 1 aliphatic heterocycles. The number of unbranched alkanes of at least 4 members (excludes halogenated alkanes) is 1. The van der Waals surface area contributed by atoms with Gasteiger partial charge < -0.3 is 19.1 Å². The average molecular weight is 256 g/mol. The lowest BCUT2D eigenvalue weighted by Gasteiger charge is -2.11. The number of ether oxygens (including phenoxy) is 2. The largest absolute Gasteiger partial charge is 0.507 e. The predicted molar refractivity (Wildman–Crippen MR) is 67.2 cm³/mol. The summed E-state index contributed by atoms with van der Waals surface area (Å²) in [4.78, 5) is 0. The Kier molecular flexibility index (Phi) is 3.34. The van der Waals surface area contributed by atoms with Gasteiger partial charge in [0, 0.05) is 18.3 Å². The maximum absolute atomic E-state index is 12.7. The second-order valence-corrected chi connectivity index (χ2v) is 7.16. The first-order valence-corrected chi connectivity index (χ1v) is 7.81. The van der Waals surface area contributed by atoms with E-state index < -0.39 is 7.14 Å². The zero-order chi connectivity index (χ0) is 12.5. The summed E-state index contributed by atoms with van der Waals surface area (Å²) in [5.74, 6) is 1.04. The van der Waals surface area contributed by atoms with Gasteiger partial charge in [0.15, 0.2) is 7.14 Å². The standard InChI is InChI=1S/C12H17O4P/c1-3-4-5-17(14)8-16-11-7-9(15-2)6-10(13)12(11)17/h6-7,13H,3-5,8H2,1-2H3. The van der Waals surface area contributed by atoms with Gasteiger partial charge in [0.1, 0.15) is 23.6 Å². The topological polar surface area (TPSA) is 55.8 Å². The summed E-state index contributed by atoms with van der Waals surface area (Å²) in [5, 5.41) is 10.4. The number of rotatable bonds is 4. The van der Waals surface area contributed by atoms with Crippen molar-refractivity contribution in [1.82, 2.24) is 0 Å². The van der Waals surface area contributed by atoms with Crippen LogP contribution in [0.5, 0.6) is 17.2 Å². The van der Waals surface area contributed by atoms with E-state index in [2.05, 4.69) is 6.92 Å². The molecule has 1 aromatic carbocycles. The number of fused-ring (bicyclic) bond motifs is 1. The minimum atomic E-state index is -2.57. The van der Waals surface area contributed by atoms with E-state index in [1.165, 1.54) is 13.2 Å². The Labute approximate surface area is 101 Å². The Morgan fingerprint density at radius 2 is 2.29 bits per heavy atom. The van der Waals surface area contributed by atoms with Crippen LogP contribution in [0.2, 0.25) is 0 Å². The van der Waals surface area contributed by atoms with Gasteiger partial charge in [-0.2, -0.15) is 0 Å². The highest BCUT2D eigenvalue weighted by Crippen LogP contribution is 2.55. The molecule has 2 rings (SSSR count). The summed E-state index contributed by atoms with van der Waals surface area (Å²) >= 11 is 0. The minimum Gasteiger partial charge on any atom is -0.507 e. The first-order valence-electron chi connectivity index (χ1n) is 5.73. The molecule has 1 unspecified atom stereocenters. The van der Waals surface area contributed by atoms with Gasteiger partial charge in [0.2, 0.25) is 0 Å². The fourth-order valence-electron chi connectivity index (χ4n) is 2.03. The van der Waals surface area contributed by atoms with Crippen LogP contribution in [0.4, 0.5) is 0 Å². The van der Waals surface area contributed by atoms with E-state index in [1.54, 1.807) is 6.07 Å². The summed E-state index contributed by atoms with van der Waals surface area (Å²) in [6.07, 6.45) is 2.65. The monoisotopic (exact) mass is 256 g/mol. The Morgan fingerprint density at radius 3 is 2.94 bits per heavy atom. The molecule has 5 heteroatoms. The molecular formula is C12H17O4P. The van der Waals surface area contributed by atoms with Gasteiger partial charge in [-0.05, 0) is 6.42 Å². The lowest BCUT2D eigenvalue weighted by molar-refractivity contribution is 0.379. The molecule has 1 atom stereocenters. The van der Waals surface area contributed by atoms with Crippen LogP contribution >= 0.6 is 7.14 Å². The van der Waals surface area contributed by atoms with Crippen LogP contribution in [-0.4, -0.2) is 24.7 Å². The molecule has 94 valence electrons. The van der Waals surface area contributed by atoms with Crippen molar-refractivity contribution in [2.45, 2.75) is 19.8 Å². The highest BCUT2D eigenvalue weighted by molar-refractivity contribution is 7.72. The van der Waals surface area contributed by atoms with Crippen molar-refractivity contribution in [2.24, 2.45) is 0 Å². The molecule has 1 aliphatic rings. The molecule has 0 amide bonds. The Balaban J connectivity index is 2.41. The SMILES string of the molecule is CCCCP1(=O)COc2cc(OC)cc(O)c21. The van der Waals surface area contributed by atoms with Crippen LogP contribution in [0.15, 0.2) is 12.1 Å². The second kappa shape index (κ2) is 4.61. The van der Waals surface area contributed by atoms with E-state index in [0.717, 1.165) is 12.8 Å². The summed E-state index contributed by atoms with van der Waals surface area (Å²) in [7, 11) is -1.05. The number of hydrogen-bond acceptors (Lipinski definition) is 4. The summed E-state index contributed by atoms with van der Waals surface area (Å²) < 4.78 is 23.2. The molecule has 1 N–H and O–H groups in total. The van der Waals surface area contributed by atoms with E-state index >= 15 is 0 Å². The number of phenols is 1. The van der Waals surface area contributed by atoms with E-state index in [9.17, 15) is 9.67 Å². The van der Waals surface area contributed by atoms with E-state index in [-0.39, 0.29) is 12.1 Å². The Morgan fingerprint density at radius 1 is 1.53 bits per heavy atom. The molecule has 0 aromatic heterocycles. The first kappa shape index (κ1) is 12.3. The van der Waals surface area contributed by atoms with Crippen molar-refractivity contribution in [3.05, 3.63) is 12.1 Å². The van der Waals surface area contributed by atoms with Crippen molar-refractivity contribution < 1.29 is 19.1 Å². The zero-order valence-electron chi connectivity index (χ0n) is 10.1. The number of methoxy groups -OCH3 is 1. The fourth-order valence-corrected chi connectivity index (χ4v) is 4.70. The maximum atomic E-state index is 12.7.